The molecule has 2 heterocycles. The number of hydrogen-bond donors (Lipinski definition) is 2. The van der Waals surface area contributed by atoms with Gasteiger partial charge in [-0.1, -0.05) is 12.1 Å². The maximum absolute atomic E-state index is 13.7. The zero-order chi connectivity index (χ0) is 22.4. The number of sulfone groups is 1. The number of halogens is 1. The van der Waals surface area contributed by atoms with Gasteiger partial charge in [-0.2, -0.15) is 0 Å². The molecule has 0 unspecified atom stereocenters. The van der Waals surface area contributed by atoms with Gasteiger partial charge in [0, 0.05) is 38.2 Å². The summed E-state index contributed by atoms with van der Waals surface area (Å²) in [5.41, 5.74) is 4.15. The summed E-state index contributed by atoms with van der Waals surface area (Å²) in [4.78, 5) is 9.18. The molecule has 3 aromatic rings. The molecule has 7 nitrogen and oxygen atoms in total. The first-order chi connectivity index (χ1) is 14.7. The molecule has 0 bridgehead atoms. The van der Waals surface area contributed by atoms with Gasteiger partial charge < -0.3 is 15.0 Å². The Morgan fingerprint density at radius 2 is 2.03 bits per heavy atom. The van der Waals surface area contributed by atoms with Crippen molar-refractivity contribution in [2.75, 3.05) is 19.3 Å². The summed E-state index contributed by atoms with van der Waals surface area (Å²) >= 11 is 0. The van der Waals surface area contributed by atoms with Crippen LogP contribution in [0.2, 0.25) is 0 Å². The lowest BCUT2D eigenvalue weighted by molar-refractivity contribution is 0.600. The lowest BCUT2D eigenvalue weighted by atomic mass is 10.1. The zero-order valence-corrected chi connectivity index (χ0v) is 18.8. The quantitative estimate of drug-likeness (QED) is 0.411. The highest BCUT2D eigenvalue weighted by Gasteiger charge is 2.11. The van der Waals surface area contributed by atoms with E-state index in [0.717, 1.165) is 23.2 Å². The average molecular weight is 446 g/mol. The van der Waals surface area contributed by atoms with Gasteiger partial charge in [0.15, 0.2) is 15.8 Å². The van der Waals surface area contributed by atoms with Crippen LogP contribution in [-0.2, 0) is 28.6 Å². The molecule has 0 saturated heterocycles. The molecule has 0 aliphatic rings. The number of rotatable bonds is 8. The minimum atomic E-state index is -3.23. The van der Waals surface area contributed by atoms with Gasteiger partial charge in [0.1, 0.15) is 11.5 Å². The fourth-order valence-electron chi connectivity index (χ4n) is 3.30. The van der Waals surface area contributed by atoms with Gasteiger partial charge in [-0.25, -0.2) is 22.8 Å². The Morgan fingerprint density at radius 3 is 2.74 bits per heavy atom. The van der Waals surface area contributed by atoms with E-state index in [1.807, 2.05) is 42.8 Å². The Balaban J connectivity index is 1.67. The molecule has 0 aliphatic heterocycles. The van der Waals surface area contributed by atoms with E-state index in [2.05, 4.69) is 20.6 Å². The molecule has 1 aromatic carbocycles. The smallest absolute Gasteiger partial charge is 0.191 e. The van der Waals surface area contributed by atoms with Crippen LogP contribution in [-0.4, -0.2) is 43.1 Å². The summed E-state index contributed by atoms with van der Waals surface area (Å²) in [5, 5.41) is 6.42. The monoisotopic (exact) mass is 445 g/mol. The Bertz CT molecular complexity index is 1190. The number of benzene rings is 1. The molecule has 2 aromatic heterocycles. The summed E-state index contributed by atoms with van der Waals surface area (Å²) in [6.07, 6.45) is 5.86. The topological polar surface area (TPSA) is 87.9 Å². The lowest BCUT2D eigenvalue weighted by Gasteiger charge is -2.12. The van der Waals surface area contributed by atoms with Gasteiger partial charge in [-0.15, -0.1) is 0 Å². The van der Waals surface area contributed by atoms with Crippen LogP contribution in [0.15, 0.2) is 47.7 Å². The average Bonchev–Trinajstić information content (AvgIpc) is 3.11. The van der Waals surface area contributed by atoms with Crippen molar-refractivity contribution in [3.05, 3.63) is 70.9 Å². The second kappa shape index (κ2) is 9.91. The second-order valence-corrected chi connectivity index (χ2v) is 9.65. The number of aromatic nitrogens is 2. The Labute approximate surface area is 182 Å². The van der Waals surface area contributed by atoms with Crippen LogP contribution >= 0.6 is 0 Å². The summed E-state index contributed by atoms with van der Waals surface area (Å²) in [7, 11) is -3.23. The summed E-state index contributed by atoms with van der Waals surface area (Å²) in [6.45, 7) is 5.45. The normalized spacial score (nSPS) is 12.3. The van der Waals surface area contributed by atoms with Crippen molar-refractivity contribution < 1.29 is 12.8 Å². The number of guanidine groups is 1. The molecule has 2 N–H and O–H groups in total. The van der Waals surface area contributed by atoms with Crippen LogP contribution < -0.4 is 10.6 Å². The molecular formula is C22H28FN5O2S. The number of aliphatic imine (C=N–C) groups is 1. The Kier molecular flexibility index (Phi) is 7.27. The van der Waals surface area contributed by atoms with E-state index < -0.39 is 15.7 Å². The van der Waals surface area contributed by atoms with Crippen LogP contribution in [0.3, 0.4) is 0 Å². The molecule has 0 spiro atoms. The van der Waals surface area contributed by atoms with E-state index in [1.54, 1.807) is 0 Å². The Morgan fingerprint density at radius 1 is 1.23 bits per heavy atom. The molecule has 0 amide bonds. The predicted molar refractivity (Wildman–Crippen MR) is 121 cm³/mol. The third-order valence-corrected chi connectivity index (χ3v) is 5.57. The van der Waals surface area contributed by atoms with Crippen molar-refractivity contribution in [1.82, 2.24) is 20.0 Å². The molecule has 0 fully saturated rings. The minimum absolute atomic E-state index is 0.143. The molecule has 0 radical (unpaired) electrons. The van der Waals surface area contributed by atoms with Crippen molar-refractivity contribution in [2.24, 2.45) is 4.99 Å². The van der Waals surface area contributed by atoms with E-state index in [4.69, 9.17) is 0 Å². The minimum Gasteiger partial charge on any atom is -0.357 e. The van der Waals surface area contributed by atoms with Crippen LogP contribution in [0.5, 0.6) is 0 Å². The molecule has 0 atom stereocenters. The Hall–Kier alpha value is -2.94. The van der Waals surface area contributed by atoms with Gasteiger partial charge in [-0.05, 0) is 48.7 Å². The van der Waals surface area contributed by atoms with E-state index in [1.165, 1.54) is 18.2 Å². The largest absolute Gasteiger partial charge is 0.357 e. The molecule has 9 heteroatoms. The number of fused-ring (bicyclic) bond motifs is 1. The van der Waals surface area contributed by atoms with Gasteiger partial charge >= 0.3 is 0 Å². The number of imidazole rings is 1. The van der Waals surface area contributed by atoms with Gasteiger partial charge in [0.2, 0.25) is 0 Å². The molecular weight excluding hydrogens is 417 g/mol. The molecule has 0 aliphatic carbocycles. The van der Waals surface area contributed by atoms with Crippen molar-refractivity contribution in [1.29, 1.82) is 0 Å². The van der Waals surface area contributed by atoms with Gasteiger partial charge in [-0.3, -0.25) is 0 Å². The highest BCUT2D eigenvalue weighted by Crippen LogP contribution is 2.15. The molecule has 0 saturated carbocycles. The summed E-state index contributed by atoms with van der Waals surface area (Å²) in [6, 6.07) is 8.14. The SMILES string of the molecule is CCNC(=NCc1cc(F)ccc1CS(C)(=O)=O)NCCc1cn2cccc(C)c2n1. The summed E-state index contributed by atoms with van der Waals surface area (Å²) < 4.78 is 39.1. The number of nitrogens with one attached hydrogen (secondary N) is 2. The first kappa shape index (κ1) is 22.7. The van der Waals surface area contributed by atoms with E-state index in [0.29, 0.717) is 36.6 Å². The number of hydrogen-bond acceptors (Lipinski definition) is 4. The predicted octanol–water partition coefficient (Wildman–Crippen LogP) is 2.62. The first-order valence-corrected chi connectivity index (χ1v) is 12.2. The van der Waals surface area contributed by atoms with Crippen molar-refractivity contribution >= 4 is 21.4 Å². The summed E-state index contributed by atoms with van der Waals surface area (Å²) in [5.74, 6) is 0.0228. The van der Waals surface area contributed by atoms with Crippen LogP contribution in [0.4, 0.5) is 4.39 Å². The van der Waals surface area contributed by atoms with Crippen molar-refractivity contribution in [3.8, 4) is 0 Å². The molecule has 166 valence electrons. The number of pyridine rings is 1. The molecule has 31 heavy (non-hydrogen) atoms. The van der Waals surface area contributed by atoms with Crippen LogP contribution in [0, 0.1) is 12.7 Å². The van der Waals surface area contributed by atoms with Crippen LogP contribution in [0.25, 0.3) is 5.65 Å². The number of nitrogens with zero attached hydrogens (tertiary/aromatic N) is 3. The van der Waals surface area contributed by atoms with Gasteiger partial charge in [0.05, 0.1) is 18.0 Å². The maximum atomic E-state index is 13.7. The standard InChI is InChI=1S/C22H28FN5O2S/c1-4-24-22(25-10-9-20-14-28-11-5-6-16(2)21(28)27-20)26-13-18-12-19(23)8-7-17(18)15-31(3,29)30/h5-8,11-12,14H,4,9-10,13,15H2,1-3H3,(H2,24,25,26). The third kappa shape index (κ3) is 6.52. The highest BCUT2D eigenvalue weighted by molar-refractivity contribution is 7.89. The fraction of sp³-hybridized carbons (Fsp3) is 0.364. The van der Waals surface area contributed by atoms with E-state index in [-0.39, 0.29) is 12.3 Å². The maximum Gasteiger partial charge on any atom is 0.191 e. The molecule has 3 rings (SSSR count). The lowest BCUT2D eigenvalue weighted by Crippen LogP contribution is -2.38. The van der Waals surface area contributed by atoms with Crippen LogP contribution in [0.1, 0.15) is 29.3 Å². The zero-order valence-electron chi connectivity index (χ0n) is 18.0. The number of aryl methyl sites for hydroxylation is 1. The fourth-order valence-corrected chi connectivity index (χ4v) is 4.15. The van der Waals surface area contributed by atoms with E-state index >= 15 is 0 Å². The van der Waals surface area contributed by atoms with Crippen molar-refractivity contribution in [3.63, 3.8) is 0 Å². The van der Waals surface area contributed by atoms with Crippen molar-refractivity contribution in [2.45, 2.75) is 32.6 Å². The highest BCUT2D eigenvalue weighted by atomic mass is 32.2. The first-order valence-electron chi connectivity index (χ1n) is 10.2. The third-order valence-electron chi connectivity index (χ3n) is 4.74. The second-order valence-electron chi connectivity index (χ2n) is 7.51. The van der Waals surface area contributed by atoms with E-state index in [9.17, 15) is 12.8 Å². The van der Waals surface area contributed by atoms with Gasteiger partial charge in [0.25, 0.3) is 0 Å².